The minimum atomic E-state index is -0.337. The van der Waals surface area contributed by atoms with Crippen molar-refractivity contribution in [3.63, 3.8) is 0 Å². The normalized spacial score (nSPS) is 27.7. The molecular formula is C12H23NO2. The summed E-state index contributed by atoms with van der Waals surface area (Å²) in [5.41, 5.74) is 1.37. The van der Waals surface area contributed by atoms with E-state index in [0.717, 1.165) is 12.8 Å². The first kappa shape index (κ1) is 12.7. The number of nitrogens with one attached hydrogen (secondary N) is 1. The van der Waals surface area contributed by atoms with Crippen LogP contribution in [0.2, 0.25) is 0 Å². The van der Waals surface area contributed by atoms with Gasteiger partial charge in [0, 0.05) is 6.04 Å². The van der Waals surface area contributed by atoms with Crippen molar-refractivity contribution < 1.29 is 9.84 Å². The van der Waals surface area contributed by atoms with Crippen LogP contribution in [0.15, 0.2) is 11.6 Å². The van der Waals surface area contributed by atoms with E-state index in [1.54, 1.807) is 0 Å². The minimum absolute atomic E-state index is 0.117. The van der Waals surface area contributed by atoms with E-state index in [9.17, 15) is 5.11 Å². The molecule has 0 aromatic carbocycles. The van der Waals surface area contributed by atoms with Gasteiger partial charge in [0.15, 0.2) is 0 Å². The molecule has 0 aliphatic carbocycles. The van der Waals surface area contributed by atoms with E-state index in [1.165, 1.54) is 5.57 Å². The summed E-state index contributed by atoms with van der Waals surface area (Å²) in [5, 5.41) is 13.0. The Morgan fingerprint density at radius 3 is 2.80 bits per heavy atom. The van der Waals surface area contributed by atoms with E-state index in [2.05, 4.69) is 32.2 Å². The van der Waals surface area contributed by atoms with Gasteiger partial charge in [-0.15, -0.1) is 0 Å². The fraction of sp³-hybridized carbons (Fsp3) is 0.833. The predicted molar refractivity (Wildman–Crippen MR) is 61.9 cm³/mol. The maximum atomic E-state index is 9.55. The molecule has 0 saturated carbocycles. The second kappa shape index (κ2) is 6.26. The van der Waals surface area contributed by atoms with Crippen molar-refractivity contribution in [2.75, 3.05) is 13.2 Å². The summed E-state index contributed by atoms with van der Waals surface area (Å²) in [4.78, 5) is 0. The third kappa shape index (κ3) is 4.78. The van der Waals surface area contributed by atoms with Crippen LogP contribution in [-0.2, 0) is 4.74 Å². The van der Waals surface area contributed by atoms with Gasteiger partial charge in [0.25, 0.3) is 0 Å². The summed E-state index contributed by atoms with van der Waals surface area (Å²) in [7, 11) is 0. The van der Waals surface area contributed by atoms with Crippen molar-refractivity contribution in [2.24, 2.45) is 0 Å². The van der Waals surface area contributed by atoms with E-state index in [-0.39, 0.29) is 12.1 Å². The van der Waals surface area contributed by atoms with E-state index in [0.29, 0.717) is 19.3 Å². The van der Waals surface area contributed by atoms with E-state index < -0.39 is 0 Å². The van der Waals surface area contributed by atoms with Gasteiger partial charge in [-0.25, -0.2) is 0 Å². The first-order chi connectivity index (χ1) is 7.09. The molecule has 0 radical (unpaired) electrons. The highest BCUT2D eigenvalue weighted by Crippen LogP contribution is 2.08. The van der Waals surface area contributed by atoms with Gasteiger partial charge in [0.2, 0.25) is 0 Å². The molecule has 0 spiro atoms. The van der Waals surface area contributed by atoms with E-state index in [4.69, 9.17) is 4.74 Å². The molecule has 0 aromatic heterocycles. The second-order valence-electron chi connectivity index (χ2n) is 4.64. The van der Waals surface area contributed by atoms with Crippen molar-refractivity contribution in [2.45, 2.75) is 51.8 Å². The van der Waals surface area contributed by atoms with Gasteiger partial charge in [-0.3, -0.25) is 0 Å². The number of hydrogen-bond acceptors (Lipinski definition) is 3. The van der Waals surface area contributed by atoms with Crippen molar-refractivity contribution >= 4 is 0 Å². The van der Waals surface area contributed by atoms with Gasteiger partial charge in [0.05, 0.1) is 25.4 Å². The van der Waals surface area contributed by atoms with Gasteiger partial charge in [-0.2, -0.15) is 0 Å². The summed E-state index contributed by atoms with van der Waals surface area (Å²) >= 11 is 0. The Bertz CT molecular complexity index is 212. The molecule has 1 fully saturated rings. The quantitative estimate of drug-likeness (QED) is 0.680. The van der Waals surface area contributed by atoms with Crippen LogP contribution < -0.4 is 5.32 Å². The fourth-order valence-electron chi connectivity index (χ4n) is 1.77. The zero-order chi connectivity index (χ0) is 11.3. The molecule has 3 unspecified atom stereocenters. The smallest absolute Gasteiger partial charge is 0.0948 e. The monoisotopic (exact) mass is 213 g/mol. The van der Waals surface area contributed by atoms with Crippen LogP contribution in [0.25, 0.3) is 0 Å². The lowest BCUT2D eigenvalue weighted by Gasteiger charge is -2.20. The van der Waals surface area contributed by atoms with Gasteiger partial charge >= 0.3 is 0 Å². The standard InChI is InChI=1S/C12H23NO2/c1-9(2)5-4-6-10(3)13-11-7-15-8-12(11)14/h5,10-14H,4,6-8H2,1-3H3. The average Bonchev–Trinajstić information content (AvgIpc) is 2.51. The molecule has 1 aliphatic heterocycles. The van der Waals surface area contributed by atoms with Crippen LogP contribution in [0.5, 0.6) is 0 Å². The maximum absolute atomic E-state index is 9.55. The highest BCUT2D eigenvalue weighted by molar-refractivity contribution is 4.93. The SMILES string of the molecule is CC(C)=CCCC(C)NC1COCC1O. The Morgan fingerprint density at radius 2 is 2.27 bits per heavy atom. The highest BCUT2D eigenvalue weighted by atomic mass is 16.5. The third-order valence-corrected chi connectivity index (χ3v) is 2.70. The van der Waals surface area contributed by atoms with Gasteiger partial charge in [-0.1, -0.05) is 11.6 Å². The number of rotatable bonds is 5. The van der Waals surface area contributed by atoms with Gasteiger partial charge < -0.3 is 15.2 Å². The number of hydrogen-bond donors (Lipinski definition) is 2. The largest absolute Gasteiger partial charge is 0.389 e. The summed E-state index contributed by atoms with van der Waals surface area (Å²) in [6, 6.07) is 0.550. The average molecular weight is 213 g/mol. The van der Waals surface area contributed by atoms with Crippen molar-refractivity contribution in [1.82, 2.24) is 5.32 Å². The topological polar surface area (TPSA) is 41.5 Å². The molecule has 1 rings (SSSR count). The number of ether oxygens (including phenoxy) is 1. The Morgan fingerprint density at radius 1 is 1.53 bits per heavy atom. The molecule has 2 N–H and O–H groups in total. The molecule has 1 heterocycles. The van der Waals surface area contributed by atoms with Crippen LogP contribution >= 0.6 is 0 Å². The predicted octanol–water partition coefficient (Wildman–Crippen LogP) is 1.47. The first-order valence-electron chi connectivity index (χ1n) is 5.75. The zero-order valence-corrected chi connectivity index (χ0v) is 9.99. The molecule has 1 aliphatic rings. The van der Waals surface area contributed by atoms with Gasteiger partial charge in [0.1, 0.15) is 0 Å². The van der Waals surface area contributed by atoms with E-state index in [1.807, 2.05) is 0 Å². The molecule has 15 heavy (non-hydrogen) atoms. The summed E-state index contributed by atoms with van der Waals surface area (Å²) in [6.45, 7) is 7.50. The molecule has 0 aromatic rings. The summed E-state index contributed by atoms with van der Waals surface area (Å²) < 4.78 is 5.19. The second-order valence-corrected chi connectivity index (χ2v) is 4.64. The molecule has 0 amide bonds. The number of allylic oxidation sites excluding steroid dienone is 2. The van der Waals surface area contributed by atoms with Crippen LogP contribution in [0, 0.1) is 0 Å². The van der Waals surface area contributed by atoms with E-state index >= 15 is 0 Å². The van der Waals surface area contributed by atoms with Crippen molar-refractivity contribution in [3.8, 4) is 0 Å². The Hall–Kier alpha value is -0.380. The van der Waals surface area contributed by atoms with Crippen molar-refractivity contribution in [3.05, 3.63) is 11.6 Å². The lowest BCUT2D eigenvalue weighted by Crippen LogP contribution is -2.43. The molecule has 88 valence electrons. The van der Waals surface area contributed by atoms with Crippen LogP contribution in [-0.4, -0.2) is 36.5 Å². The Labute approximate surface area is 92.5 Å². The molecule has 3 heteroatoms. The van der Waals surface area contributed by atoms with Crippen molar-refractivity contribution in [1.29, 1.82) is 0 Å². The van der Waals surface area contributed by atoms with Crippen LogP contribution in [0.1, 0.15) is 33.6 Å². The number of aliphatic hydroxyl groups is 1. The maximum Gasteiger partial charge on any atom is 0.0948 e. The lowest BCUT2D eigenvalue weighted by molar-refractivity contribution is 0.121. The molecule has 3 nitrogen and oxygen atoms in total. The highest BCUT2D eigenvalue weighted by Gasteiger charge is 2.26. The zero-order valence-electron chi connectivity index (χ0n) is 9.99. The Kier molecular flexibility index (Phi) is 5.29. The fourth-order valence-corrected chi connectivity index (χ4v) is 1.77. The van der Waals surface area contributed by atoms with Crippen LogP contribution in [0.3, 0.4) is 0 Å². The first-order valence-corrected chi connectivity index (χ1v) is 5.75. The molecule has 1 saturated heterocycles. The molecule has 3 atom stereocenters. The minimum Gasteiger partial charge on any atom is -0.389 e. The summed E-state index contributed by atoms with van der Waals surface area (Å²) in [6.07, 6.45) is 4.12. The Balaban J connectivity index is 2.17. The third-order valence-electron chi connectivity index (χ3n) is 2.70. The van der Waals surface area contributed by atoms with Crippen LogP contribution in [0.4, 0.5) is 0 Å². The lowest BCUT2D eigenvalue weighted by atomic mass is 10.1. The molecule has 0 bridgehead atoms. The summed E-state index contributed by atoms with van der Waals surface area (Å²) in [5.74, 6) is 0. The van der Waals surface area contributed by atoms with Gasteiger partial charge in [-0.05, 0) is 33.6 Å². The number of aliphatic hydroxyl groups excluding tert-OH is 1. The molecular weight excluding hydrogens is 190 g/mol.